The van der Waals surface area contributed by atoms with E-state index in [-0.39, 0.29) is 25.9 Å². The molecule has 0 amide bonds. The summed E-state index contributed by atoms with van der Waals surface area (Å²) in [6, 6.07) is 0. The molecule has 71 heavy (non-hydrogen) atoms. The molecule has 0 bridgehead atoms. The zero-order chi connectivity index (χ0) is 51.8. The standard InChI is InChI=1S/C59H106O12/c1-4-7-10-13-16-19-22-24-25-26-27-29-32-35-38-41-44-47-53(62)70-57-55(64)54(63)56(58(65)66)71-59(57)68-49-50(69-52(61)46-43-40-37-34-30-21-18-15-12-9-6-3)48-67-51(60)45-42-39-36-33-31-28-23-20-17-14-11-8-5-2/h15,18,24-25,50,54-57,59,63-64H,4-14,16-17,19-23,26-49H2,1-3H3,(H,65,66)/b18-15-,25-24-. The third-order valence-electron chi connectivity index (χ3n) is 13.5. The Kier molecular flexibility index (Phi) is 44.9. The molecule has 6 atom stereocenters. The summed E-state index contributed by atoms with van der Waals surface area (Å²) in [4.78, 5) is 51.0. The molecule has 0 aromatic heterocycles. The van der Waals surface area contributed by atoms with Crippen molar-refractivity contribution >= 4 is 23.9 Å². The Morgan fingerprint density at radius 2 is 0.817 bits per heavy atom. The van der Waals surface area contributed by atoms with Gasteiger partial charge in [-0.15, -0.1) is 0 Å². The number of carbonyl (C=O) groups excluding carboxylic acids is 3. The van der Waals surface area contributed by atoms with E-state index in [9.17, 15) is 34.5 Å². The Morgan fingerprint density at radius 3 is 1.24 bits per heavy atom. The number of allylic oxidation sites excluding steroid dienone is 4. The Morgan fingerprint density at radius 1 is 0.451 bits per heavy atom. The molecule has 1 aliphatic heterocycles. The lowest BCUT2D eigenvalue weighted by Gasteiger charge is -2.40. The first kappa shape index (κ1) is 66.2. The van der Waals surface area contributed by atoms with E-state index in [0.717, 1.165) is 89.9 Å². The second kappa shape index (κ2) is 48.2. The summed E-state index contributed by atoms with van der Waals surface area (Å²) in [6.07, 6.45) is 41.5. The molecule has 1 rings (SSSR count). The molecule has 1 fully saturated rings. The van der Waals surface area contributed by atoms with Gasteiger partial charge < -0.3 is 39.0 Å². The monoisotopic (exact) mass is 1010 g/mol. The van der Waals surface area contributed by atoms with Crippen LogP contribution in [0.15, 0.2) is 24.3 Å². The van der Waals surface area contributed by atoms with Gasteiger partial charge in [0, 0.05) is 19.3 Å². The lowest BCUT2D eigenvalue weighted by molar-refractivity contribution is -0.301. The van der Waals surface area contributed by atoms with Crippen molar-refractivity contribution in [2.45, 2.75) is 314 Å². The molecule has 12 heteroatoms. The number of ether oxygens (including phenoxy) is 5. The zero-order valence-corrected chi connectivity index (χ0v) is 45.5. The van der Waals surface area contributed by atoms with E-state index in [1.807, 2.05) is 0 Å². The third kappa shape index (κ3) is 38.4. The lowest BCUT2D eigenvalue weighted by atomic mass is 9.98. The summed E-state index contributed by atoms with van der Waals surface area (Å²) in [5, 5.41) is 31.4. The molecular weight excluding hydrogens is 901 g/mol. The van der Waals surface area contributed by atoms with Crippen molar-refractivity contribution in [1.82, 2.24) is 0 Å². The fourth-order valence-electron chi connectivity index (χ4n) is 8.93. The van der Waals surface area contributed by atoms with E-state index in [2.05, 4.69) is 45.1 Å². The summed E-state index contributed by atoms with van der Waals surface area (Å²) in [5.74, 6) is -3.11. The average Bonchev–Trinajstić information content (AvgIpc) is 3.35. The van der Waals surface area contributed by atoms with Gasteiger partial charge >= 0.3 is 23.9 Å². The minimum absolute atomic E-state index is 0.0589. The number of aliphatic hydroxyl groups excluding tert-OH is 2. The van der Waals surface area contributed by atoms with Gasteiger partial charge in [-0.05, 0) is 64.2 Å². The first-order valence-electron chi connectivity index (χ1n) is 29.3. The molecule has 0 saturated carbocycles. The van der Waals surface area contributed by atoms with Crippen LogP contribution in [0.2, 0.25) is 0 Å². The van der Waals surface area contributed by atoms with Gasteiger partial charge in [0.1, 0.15) is 18.8 Å². The van der Waals surface area contributed by atoms with Crippen LogP contribution < -0.4 is 0 Å². The van der Waals surface area contributed by atoms with Crippen molar-refractivity contribution in [2.75, 3.05) is 13.2 Å². The maximum atomic E-state index is 13.1. The van der Waals surface area contributed by atoms with Crippen LogP contribution in [0.5, 0.6) is 0 Å². The number of aliphatic carboxylic acids is 1. The molecule has 1 heterocycles. The van der Waals surface area contributed by atoms with Gasteiger partial charge in [0.25, 0.3) is 0 Å². The summed E-state index contributed by atoms with van der Waals surface area (Å²) < 4.78 is 28.4. The van der Waals surface area contributed by atoms with Crippen LogP contribution >= 0.6 is 0 Å². The Hall–Kier alpha value is -2.80. The highest BCUT2D eigenvalue weighted by atomic mass is 16.7. The minimum atomic E-state index is -1.90. The molecule has 0 radical (unpaired) electrons. The first-order chi connectivity index (χ1) is 34.6. The van der Waals surface area contributed by atoms with E-state index in [0.29, 0.717) is 19.3 Å². The zero-order valence-electron chi connectivity index (χ0n) is 45.5. The van der Waals surface area contributed by atoms with Crippen LogP contribution in [0.25, 0.3) is 0 Å². The Labute approximate surface area is 432 Å². The van der Waals surface area contributed by atoms with Gasteiger partial charge in [-0.3, -0.25) is 14.4 Å². The van der Waals surface area contributed by atoms with Crippen molar-refractivity contribution in [3.8, 4) is 0 Å². The van der Waals surface area contributed by atoms with E-state index in [1.54, 1.807) is 0 Å². The van der Waals surface area contributed by atoms with Crippen molar-refractivity contribution in [1.29, 1.82) is 0 Å². The lowest BCUT2D eigenvalue weighted by Crippen LogP contribution is -2.61. The number of carbonyl (C=O) groups is 4. The van der Waals surface area contributed by atoms with Gasteiger partial charge in [-0.2, -0.15) is 0 Å². The van der Waals surface area contributed by atoms with Crippen molar-refractivity contribution in [3.63, 3.8) is 0 Å². The molecule has 0 spiro atoms. The normalized spacial score (nSPS) is 18.6. The number of hydrogen-bond donors (Lipinski definition) is 3. The predicted molar refractivity (Wildman–Crippen MR) is 285 cm³/mol. The fourth-order valence-corrected chi connectivity index (χ4v) is 8.93. The molecule has 1 aliphatic rings. The first-order valence-corrected chi connectivity index (χ1v) is 29.3. The van der Waals surface area contributed by atoms with Crippen molar-refractivity contribution in [2.24, 2.45) is 0 Å². The molecule has 0 aliphatic carbocycles. The summed E-state index contributed by atoms with van der Waals surface area (Å²) in [5.41, 5.74) is 0. The van der Waals surface area contributed by atoms with Gasteiger partial charge in [0.15, 0.2) is 24.6 Å². The highest BCUT2D eigenvalue weighted by Gasteiger charge is 2.50. The SMILES string of the molecule is CCCC/C=C\CCCCCCCC(=O)OC(COC(=O)CCCCCCCCCCCCCCC)COC1OC(C(=O)O)C(O)C(O)C1OC(=O)CCCCCCCCC/C=C\CCCCCCCC. The molecule has 414 valence electrons. The Bertz CT molecular complexity index is 1340. The average molecular weight is 1010 g/mol. The van der Waals surface area contributed by atoms with Crippen molar-refractivity contribution in [3.05, 3.63) is 24.3 Å². The summed E-state index contributed by atoms with van der Waals surface area (Å²) >= 11 is 0. The van der Waals surface area contributed by atoms with Gasteiger partial charge in [0.2, 0.25) is 0 Å². The van der Waals surface area contributed by atoms with E-state index in [4.69, 9.17) is 23.7 Å². The summed E-state index contributed by atoms with van der Waals surface area (Å²) in [7, 11) is 0. The topological polar surface area (TPSA) is 175 Å². The number of aliphatic hydroxyl groups is 2. The van der Waals surface area contributed by atoms with Crippen LogP contribution in [0, 0.1) is 0 Å². The number of hydrogen-bond acceptors (Lipinski definition) is 11. The van der Waals surface area contributed by atoms with Crippen molar-refractivity contribution < 1.29 is 58.2 Å². The van der Waals surface area contributed by atoms with Crippen LogP contribution in [-0.4, -0.2) is 89.2 Å². The highest BCUT2D eigenvalue weighted by Crippen LogP contribution is 2.26. The largest absolute Gasteiger partial charge is 0.479 e. The predicted octanol–water partition coefficient (Wildman–Crippen LogP) is 14.7. The Balaban J connectivity index is 2.67. The maximum Gasteiger partial charge on any atom is 0.335 e. The highest BCUT2D eigenvalue weighted by molar-refractivity contribution is 5.74. The third-order valence-corrected chi connectivity index (χ3v) is 13.5. The van der Waals surface area contributed by atoms with E-state index < -0.39 is 67.3 Å². The van der Waals surface area contributed by atoms with Gasteiger partial charge in [-0.1, -0.05) is 218 Å². The fraction of sp³-hybridized carbons (Fsp3) is 0.864. The minimum Gasteiger partial charge on any atom is -0.479 e. The molecule has 3 N–H and O–H groups in total. The molecule has 12 nitrogen and oxygen atoms in total. The number of rotatable bonds is 50. The number of carboxylic acid groups (broad SMARTS) is 1. The number of esters is 3. The maximum absolute atomic E-state index is 13.1. The smallest absolute Gasteiger partial charge is 0.335 e. The number of unbranched alkanes of at least 4 members (excludes halogenated alkanes) is 32. The molecular formula is C59H106O12. The molecule has 0 aromatic carbocycles. The van der Waals surface area contributed by atoms with Crippen LogP contribution in [0.4, 0.5) is 0 Å². The van der Waals surface area contributed by atoms with E-state index >= 15 is 0 Å². The second-order valence-corrected chi connectivity index (χ2v) is 20.3. The van der Waals surface area contributed by atoms with Gasteiger partial charge in [-0.25, -0.2) is 4.79 Å². The van der Waals surface area contributed by atoms with Crippen LogP contribution in [0.1, 0.15) is 278 Å². The van der Waals surface area contributed by atoms with Crippen LogP contribution in [-0.2, 0) is 42.9 Å². The van der Waals surface area contributed by atoms with Gasteiger partial charge in [0.05, 0.1) is 6.61 Å². The van der Waals surface area contributed by atoms with E-state index in [1.165, 1.54) is 128 Å². The second-order valence-electron chi connectivity index (χ2n) is 20.3. The quantitative estimate of drug-likeness (QED) is 0.0228. The van der Waals surface area contributed by atoms with Crippen LogP contribution in [0.3, 0.4) is 0 Å². The summed E-state index contributed by atoms with van der Waals surface area (Å²) in [6.45, 7) is 5.95. The molecule has 1 saturated heterocycles. The number of carboxylic acids is 1. The molecule has 6 unspecified atom stereocenters. The molecule has 0 aromatic rings.